The Morgan fingerprint density at radius 3 is 2.33 bits per heavy atom. The lowest BCUT2D eigenvalue weighted by Crippen LogP contribution is -2.37. The molecular formula is C18H22FN3O2. The predicted molar refractivity (Wildman–Crippen MR) is 85.9 cm³/mol. The summed E-state index contributed by atoms with van der Waals surface area (Å²) in [5.41, 5.74) is 6.55. The first-order valence-electron chi connectivity index (χ1n) is 8.60. The number of nitrogens with zero attached hydrogens (tertiary/aromatic N) is 2. The fraction of sp³-hybridized carbons (Fsp3) is 0.556. The molecule has 4 rings (SSSR count). The molecule has 2 N–H and O–H groups in total. The monoisotopic (exact) mass is 331 g/mol. The van der Waals surface area contributed by atoms with Gasteiger partial charge < -0.3 is 15.0 Å². The lowest BCUT2D eigenvalue weighted by atomic mass is 9.74. The van der Waals surface area contributed by atoms with Gasteiger partial charge in [0, 0.05) is 13.2 Å². The SMILES string of the molecule is NC1(c2noc(C3(c4ccc(F)cc4)CCOCC3)n2)CCCC1. The molecule has 0 atom stereocenters. The van der Waals surface area contributed by atoms with Crippen molar-refractivity contribution in [1.29, 1.82) is 0 Å². The van der Waals surface area contributed by atoms with Crippen molar-refractivity contribution in [2.24, 2.45) is 5.73 Å². The van der Waals surface area contributed by atoms with Gasteiger partial charge in [-0.25, -0.2) is 4.39 Å². The normalized spacial score (nSPS) is 22.6. The lowest BCUT2D eigenvalue weighted by Gasteiger charge is -2.34. The van der Waals surface area contributed by atoms with Crippen LogP contribution in [0.3, 0.4) is 0 Å². The number of benzene rings is 1. The molecule has 128 valence electrons. The highest BCUT2D eigenvalue weighted by atomic mass is 19.1. The van der Waals surface area contributed by atoms with Crippen molar-refractivity contribution in [3.8, 4) is 0 Å². The van der Waals surface area contributed by atoms with Crippen LogP contribution < -0.4 is 5.73 Å². The summed E-state index contributed by atoms with van der Waals surface area (Å²) in [6.07, 6.45) is 5.43. The smallest absolute Gasteiger partial charge is 0.237 e. The Balaban J connectivity index is 1.74. The van der Waals surface area contributed by atoms with E-state index in [0.29, 0.717) is 24.9 Å². The molecule has 5 nitrogen and oxygen atoms in total. The van der Waals surface area contributed by atoms with Gasteiger partial charge >= 0.3 is 0 Å². The number of hydrogen-bond donors (Lipinski definition) is 1. The van der Waals surface area contributed by atoms with Crippen molar-refractivity contribution < 1.29 is 13.7 Å². The second-order valence-corrected chi connectivity index (χ2v) is 6.99. The second kappa shape index (κ2) is 5.93. The van der Waals surface area contributed by atoms with E-state index >= 15 is 0 Å². The number of nitrogens with two attached hydrogens (primary N) is 1. The quantitative estimate of drug-likeness (QED) is 0.936. The van der Waals surface area contributed by atoms with Gasteiger partial charge in [0.25, 0.3) is 0 Å². The first-order valence-corrected chi connectivity index (χ1v) is 8.60. The fourth-order valence-corrected chi connectivity index (χ4v) is 3.96. The third kappa shape index (κ3) is 2.54. The van der Waals surface area contributed by atoms with Crippen molar-refractivity contribution in [3.05, 3.63) is 47.4 Å². The largest absolute Gasteiger partial charge is 0.381 e. The van der Waals surface area contributed by atoms with Crippen molar-refractivity contribution in [1.82, 2.24) is 10.1 Å². The Kier molecular flexibility index (Phi) is 3.89. The number of aromatic nitrogens is 2. The van der Waals surface area contributed by atoms with E-state index < -0.39 is 11.0 Å². The van der Waals surface area contributed by atoms with E-state index in [-0.39, 0.29) is 5.82 Å². The zero-order chi connectivity index (χ0) is 16.6. The third-order valence-electron chi connectivity index (χ3n) is 5.52. The van der Waals surface area contributed by atoms with E-state index in [4.69, 9.17) is 20.0 Å². The maximum atomic E-state index is 13.3. The summed E-state index contributed by atoms with van der Waals surface area (Å²) in [6.45, 7) is 1.23. The summed E-state index contributed by atoms with van der Waals surface area (Å²) in [7, 11) is 0. The molecule has 24 heavy (non-hydrogen) atoms. The third-order valence-corrected chi connectivity index (χ3v) is 5.52. The Hall–Kier alpha value is -1.79. The van der Waals surface area contributed by atoms with Crippen molar-refractivity contribution in [3.63, 3.8) is 0 Å². The summed E-state index contributed by atoms with van der Waals surface area (Å²) in [5, 5.41) is 4.21. The van der Waals surface area contributed by atoms with Gasteiger partial charge in [0.1, 0.15) is 5.82 Å². The van der Waals surface area contributed by atoms with Crippen LogP contribution in [0.15, 0.2) is 28.8 Å². The zero-order valence-corrected chi connectivity index (χ0v) is 13.6. The molecule has 2 aromatic rings. The molecule has 0 radical (unpaired) electrons. The van der Waals surface area contributed by atoms with Crippen LogP contribution in [-0.4, -0.2) is 23.4 Å². The predicted octanol–water partition coefficient (Wildman–Crippen LogP) is 3.03. The minimum absolute atomic E-state index is 0.251. The summed E-state index contributed by atoms with van der Waals surface area (Å²) in [6, 6.07) is 6.56. The average molecular weight is 331 g/mol. The van der Waals surface area contributed by atoms with Gasteiger partial charge in [-0.15, -0.1) is 0 Å². The molecule has 2 fully saturated rings. The van der Waals surface area contributed by atoms with E-state index in [1.54, 1.807) is 12.1 Å². The Morgan fingerprint density at radius 2 is 1.67 bits per heavy atom. The van der Waals surface area contributed by atoms with Crippen LogP contribution in [0.1, 0.15) is 55.8 Å². The molecule has 1 saturated carbocycles. The van der Waals surface area contributed by atoms with Crippen LogP contribution in [0.5, 0.6) is 0 Å². The van der Waals surface area contributed by atoms with Crippen LogP contribution in [0.4, 0.5) is 4.39 Å². The Bertz CT molecular complexity index is 701. The fourth-order valence-electron chi connectivity index (χ4n) is 3.96. The second-order valence-electron chi connectivity index (χ2n) is 6.99. The van der Waals surface area contributed by atoms with Gasteiger partial charge in [-0.3, -0.25) is 0 Å². The molecule has 1 aliphatic carbocycles. The summed E-state index contributed by atoms with van der Waals surface area (Å²) < 4.78 is 24.6. The van der Waals surface area contributed by atoms with Crippen LogP contribution in [0.25, 0.3) is 0 Å². The Labute approximate surface area is 140 Å². The van der Waals surface area contributed by atoms with Crippen molar-refractivity contribution in [2.45, 2.75) is 49.5 Å². The molecule has 0 bridgehead atoms. The average Bonchev–Trinajstić information content (AvgIpc) is 3.26. The van der Waals surface area contributed by atoms with Gasteiger partial charge in [0.05, 0.1) is 11.0 Å². The molecule has 1 aromatic carbocycles. The number of hydrogen-bond acceptors (Lipinski definition) is 5. The molecule has 1 aromatic heterocycles. The van der Waals surface area contributed by atoms with E-state index in [9.17, 15) is 4.39 Å². The van der Waals surface area contributed by atoms with Crippen LogP contribution >= 0.6 is 0 Å². The molecule has 2 aliphatic rings. The molecule has 0 amide bonds. The standard InChI is InChI=1S/C18H22FN3O2/c19-14-5-3-13(4-6-14)17(9-11-23-12-10-17)16-21-15(22-24-16)18(20)7-1-2-8-18/h3-6H,1-2,7-12,20H2. The van der Waals surface area contributed by atoms with Crippen molar-refractivity contribution in [2.75, 3.05) is 13.2 Å². The topological polar surface area (TPSA) is 74.2 Å². The van der Waals surface area contributed by atoms with Crippen LogP contribution in [0.2, 0.25) is 0 Å². The maximum Gasteiger partial charge on any atom is 0.237 e. The summed E-state index contributed by atoms with van der Waals surface area (Å²) in [4.78, 5) is 4.71. The van der Waals surface area contributed by atoms with Gasteiger partial charge in [-0.1, -0.05) is 30.1 Å². The number of rotatable bonds is 3. The summed E-state index contributed by atoms with van der Waals surface area (Å²) in [5.74, 6) is 0.922. The van der Waals surface area contributed by atoms with Crippen molar-refractivity contribution >= 4 is 0 Å². The molecule has 0 unspecified atom stereocenters. The van der Waals surface area contributed by atoms with Gasteiger partial charge in [-0.2, -0.15) is 4.98 Å². The van der Waals surface area contributed by atoms with Gasteiger partial charge in [0.2, 0.25) is 5.89 Å². The molecule has 2 heterocycles. The van der Waals surface area contributed by atoms with E-state index in [2.05, 4.69) is 5.16 Å². The molecule has 6 heteroatoms. The van der Waals surface area contributed by atoms with E-state index in [0.717, 1.165) is 44.1 Å². The number of ether oxygens (including phenoxy) is 1. The molecular weight excluding hydrogens is 309 g/mol. The number of halogens is 1. The minimum Gasteiger partial charge on any atom is -0.381 e. The lowest BCUT2D eigenvalue weighted by molar-refractivity contribution is 0.0523. The van der Waals surface area contributed by atoms with E-state index in [1.165, 1.54) is 12.1 Å². The van der Waals surface area contributed by atoms with Crippen LogP contribution in [0, 0.1) is 5.82 Å². The molecule has 1 aliphatic heterocycles. The van der Waals surface area contributed by atoms with E-state index in [1.807, 2.05) is 0 Å². The minimum atomic E-state index is -0.475. The summed E-state index contributed by atoms with van der Waals surface area (Å²) >= 11 is 0. The van der Waals surface area contributed by atoms with Gasteiger partial charge in [0.15, 0.2) is 5.82 Å². The highest BCUT2D eigenvalue weighted by Gasteiger charge is 2.44. The highest BCUT2D eigenvalue weighted by molar-refractivity contribution is 5.33. The van der Waals surface area contributed by atoms with Gasteiger partial charge in [-0.05, 0) is 43.4 Å². The molecule has 1 saturated heterocycles. The first kappa shape index (κ1) is 15.7. The Morgan fingerprint density at radius 1 is 1.00 bits per heavy atom. The maximum absolute atomic E-state index is 13.3. The van der Waals surface area contributed by atoms with Crippen LogP contribution in [-0.2, 0) is 15.7 Å². The zero-order valence-electron chi connectivity index (χ0n) is 13.6. The first-order chi connectivity index (χ1) is 11.6. The highest BCUT2D eigenvalue weighted by Crippen LogP contribution is 2.42. The molecule has 0 spiro atoms.